The normalized spacial score (nSPS) is 11.6. The molecule has 0 heterocycles. The van der Waals surface area contributed by atoms with Crippen molar-refractivity contribution >= 4 is 5.97 Å². The largest absolute Gasteiger partial charge is 0.507 e. The van der Waals surface area contributed by atoms with Crippen LogP contribution in [0.4, 0.5) is 13.2 Å². The van der Waals surface area contributed by atoms with Gasteiger partial charge in [0.1, 0.15) is 17.1 Å². The molecule has 0 aliphatic heterocycles. The highest BCUT2D eigenvalue weighted by atomic mass is 19.4. The molecule has 2 aromatic carbocycles. The summed E-state index contributed by atoms with van der Waals surface area (Å²) in [7, 11) is 0. The Morgan fingerprint density at radius 1 is 1.15 bits per heavy atom. The van der Waals surface area contributed by atoms with E-state index >= 15 is 0 Å². The van der Waals surface area contributed by atoms with Crippen LogP contribution in [0.15, 0.2) is 36.4 Å². The Morgan fingerprint density at radius 2 is 1.77 bits per heavy atom. The SMILES string of the molecule is CC(C)CCOc1cc(O)c(C(=O)O)cc1-c1ccc(C(F)(F)F)cc1. The number of carboxylic acid groups (broad SMARTS) is 1. The van der Waals surface area contributed by atoms with Crippen LogP contribution in [0, 0.1) is 5.92 Å². The van der Waals surface area contributed by atoms with E-state index < -0.39 is 23.5 Å². The van der Waals surface area contributed by atoms with Crippen LogP contribution in [-0.4, -0.2) is 22.8 Å². The van der Waals surface area contributed by atoms with Crippen LogP contribution in [-0.2, 0) is 6.18 Å². The van der Waals surface area contributed by atoms with E-state index in [9.17, 15) is 28.2 Å². The first-order valence-electron chi connectivity index (χ1n) is 8.00. The maximum atomic E-state index is 12.7. The number of benzene rings is 2. The smallest absolute Gasteiger partial charge is 0.416 e. The molecule has 0 bridgehead atoms. The first-order chi connectivity index (χ1) is 12.1. The molecule has 0 amide bonds. The van der Waals surface area contributed by atoms with E-state index in [1.807, 2.05) is 13.8 Å². The zero-order valence-corrected chi connectivity index (χ0v) is 14.3. The molecule has 7 heteroatoms. The Morgan fingerprint density at radius 3 is 2.27 bits per heavy atom. The van der Waals surface area contributed by atoms with Gasteiger partial charge in [-0.25, -0.2) is 4.79 Å². The van der Waals surface area contributed by atoms with E-state index in [1.165, 1.54) is 24.3 Å². The van der Waals surface area contributed by atoms with Crippen molar-refractivity contribution in [2.75, 3.05) is 6.61 Å². The van der Waals surface area contributed by atoms with Crippen molar-refractivity contribution in [3.8, 4) is 22.6 Å². The van der Waals surface area contributed by atoms with E-state index in [0.717, 1.165) is 18.6 Å². The number of hydrogen-bond donors (Lipinski definition) is 2. The Bertz CT molecular complexity index is 781. The Hall–Kier alpha value is -2.70. The molecular formula is C19H19F3O4. The number of hydrogen-bond acceptors (Lipinski definition) is 3. The van der Waals surface area contributed by atoms with Gasteiger partial charge in [-0.1, -0.05) is 26.0 Å². The predicted molar refractivity (Wildman–Crippen MR) is 90.5 cm³/mol. The van der Waals surface area contributed by atoms with Gasteiger partial charge in [0.25, 0.3) is 0 Å². The molecule has 0 saturated heterocycles. The number of aromatic hydroxyl groups is 1. The molecule has 2 rings (SSSR count). The third-order valence-corrected chi connectivity index (χ3v) is 3.80. The molecule has 26 heavy (non-hydrogen) atoms. The molecule has 0 fully saturated rings. The second kappa shape index (κ2) is 7.68. The molecular weight excluding hydrogens is 349 g/mol. The number of carbonyl (C=O) groups is 1. The van der Waals surface area contributed by atoms with Gasteiger partial charge in [-0.15, -0.1) is 0 Å². The van der Waals surface area contributed by atoms with Crippen LogP contribution < -0.4 is 4.74 Å². The summed E-state index contributed by atoms with van der Waals surface area (Å²) >= 11 is 0. The Kier molecular flexibility index (Phi) is 5.79. The number of rotatable bonds is 6. The summed E-state index contributed by atoms with van der Waals surface area (Å²) in [5, 5.41) is 19.1. The van der Waals surface area contributed by atoms with Crippen molar-refractivity contribution in [1.82, 2.24) is 0 Å². The highest BCUT2D eigenvalue weighted by Gasteiger charge is 2.30. The zero-order valence-electron chi connectivity index (χ0n) is 14.3. The molecule has 4 nitrogen and oxygen atoms in total. The van der Waals surface area contributed by atoms with Crippen molar-refractivity contribution in [2.24, 2.45) is 5.92 Å². The lowest BCUT2D eigenvalue weighted by Gasteiger charge is -2.15. The maximum Gasteiger partial charge on any atom is 0.416 e. The second-order valence-corrected chi connectivity index (χ2v) is 6.28. The first kappa shape index (κ1) is 19.6. The van der Waals surface area contributed by atoms with Gasteiger partial charge in [-0.2, -0.15) is 13.2 Å². The molecule has 0 aromatic heterocycles. The average molecular weight is 368 g/mol. The van der Waals surface area contributed by atoms with E-state index in [0.29, 0.717) is 23.7 Å². The van der Waals surface area contributed by atoms with E-state index in [1.54, 1.807) is 0 Å². The third kappa shape index (κ3) is 4.68. The molecule has 0 aliphatic carbocycles. The topological polar surface area (TPSA) is 66.8 Å². The minimum absolute atomic E-state index is 0.216. The van der Waals surface area contributed by atoms with Crippen molar-refractivity contribution < 1.29 is 32.9 Å². The number of aromatic carboxylic acids is 1. The van der Waals surface area contributed by atoms with Crippen LogP contribution >= 0.6 is 0 Å². The van der Waals surface area contributed by atoms with Gasteiger partial charge in [-0.05, 0) is 36.1 Å². The minimum atomic E-state index is -4.46. The fraction of sp³-hybridized carbons (Fsp3) is 0.316. The van der Waals surface area contributed by atoms with Crippen LogP contribution in [0.5, 0.6) is 11.5 Å². The van der Waals surface area contributed by atoms with Crippen molar-refractivity contribution in [1.29, 1.82) is 0 Å². The maximum absolute atomic E-state index is 12.7. The van der Waals surface area contributed by atoms with E-state index in [4.69, 9.17) is 4.74 Å². The number of phenols is 1. The van der Waals surface area contributed by atoms with Crippen molar-refractivity contribution in [3.63, 3.8) is 0 Å². The molecule has 0 radical (unpaired) electrons. The lowest BCUT2D eigenvalue weighted by Crippen LogP contribution is -2.05. The number of carboxylic acids is 1. The summed E-state index contributed by atoms with van der Waals surface area (Å²) in [5.74, 6) is -1.22. The van der Waals surface area contributed by atoms with Crippen LogP contribution in [0.1, 0.15) is 36.2 Å². The molecule has 0 aliphatic rings. The van der Waals surface area contributed by atoms with Crippen LogP contribution in [0.3, 0.4) is 0 Å². The van der Waals surface area contributed by atoms with Gasteiger partial charge in [0.05, 0.1) is 12.2 Å². The lowest BCUT2D eigenvalue weighted by molar-refractivity contribution is -0.137. The number of halogens is 3. The van der Waals surface area contributed by atoms with Gasteiger partial charge in [0.15, 0.2) is 0 Å². The van der Waals surface area contributed by atoms with Gasteiger partial charge >= 0.3 is 12.1 Å². The molecule has 0 unspecified atom stereocenters. The quantitative estimate of drug-likeness (QED) is 0.735. The number of alkyl halides is 3. The van der Waals surface area contributed by atoms with Crippen LogP contribution in [0.25, 0.3) is 11.1 Å². The van der Waals surface area contributed by atoms with Crippen molar-refractivity contribution in [3.05, 3.63) is 47.5 Å². The summed E-state index contributed by atoms with van der Waals surface area (Å²) in [6.45, 7) is 4.34. The van der Waals surface area contributed by atoms with E-state index in [2.05, 4.69) is 0 Å². The van der Waals surface area contributed by atoms with E-state index in [-0.39, 0.29) is 11.3 Å². The average Bonchev–Trinajstić information content (AvgIpc) is 2.53. The molecule has 0 spiro atoms. The molecule has 2 aromatic rings. The number of ether oxygens (including phenoxy) is 1. The van der Waals surface area contributed by atoms with Gasteiger partial charge in [0, 0.05) is 11.6 Å². The second-order valence-electron chi connectivity index (χ2n) is 6.28. The summed E-state index contributed by atoms with van der Waals surface area (Å²) in [4.78, 5) is 11.3. The van der Waals surface area contributed by atoms with Crippen molar-refractivity contribution in [2.45, 2.75) is 26.4 Å². The van der Waals surface area contributed by atoms with Gasteiger partial charge in [-0.3, -0.25) is 0 Å². The lowest BCUT2D eigenvalue weighted by atomic mass is 9.99. The molecule has 140 valence electrons. The highest BCUT2D eigenvalue weighted by molar-refractivity contribution is 5.93. The van der Waals surface area contributed by atoms with Gasteiger partial charge in [0.2, 0.25) is 0 Å². The fourth-order valence-electron chi connectivity index (χ4n) is 2.33. The Labute approximate surface area is 148 Å². The summed E-state index contributed by atoms with van der Waals surface area (Å²) in [6, 6.07) is 6.70. The zero-order chi connectivity index (χ0) is 19.5. The third-order valence-electron chi connectivity index (χ3n) is 3.80. The summed E-state index contributed by atoms with van der Waals surface area (Å²) in [6.07, 6.45) is -3.73. The summed E-state index contributed by atoms with van der Waals surface area (Å²) in [5.41, 5.74) is -0.491. The molecule has 2 N–H and O–H groups in total. The van der Waals surface area contributed by atoms with Crippen LogP contribution in [0.2, 0.25) is 0 Å². The monoisotopic (exact) mass is 368 g/mol. The Balaban J connectivity index is 2.46. The summed E-state index contributed by atoms with van der Waals surface area (Å²) < 4.78 is 43.8. The fourth-order valence-corrected chi connectivity index (χ4v) is 2.33. The van der Waals surface area contributed by atoms with Gasteiger partial charge < -0.3 is 14.9 Å². The molecule has 0 atom stereocenters. The molecule has 0 saturated carbocycles. The highest BCUT2D eigenvalue weighted by Crippen LogP contribution is 2.37. The minimum Gasteiger partial charge on any atom is -0.507 e. The standard InChI is InChI=1S/C19H19F3O4/c1-11(2)7-8-26-17-10-16(23)15(18(24)25)9-14(17)12-3-5-13(6-4-12)19(20,21)22/h3-6,9-11,23H,7-8H2,1-2H3,(H,24,25). The predicted octanol–water partition coefficient (Wildman–Crippen LogP) is 5.20. The first-order valence-corrected chi connectivity index (χ1v) is 8.00.